The monoisotopic (exact) mass is 303 g/mol. The topological polar surface area (TPSA) is 75.8 Å². The zero-order valence-electron chi connectivity index (χ0n) is 12.1. The van der Waals surface area contributed by atoms with E-state index in [1.807, 2.05) is 38.1 Å². The third-order valence-electron chi connectivity index (χ3n) is 3.42. The highest BCUT2D eigenvalue weighted by molar-refractivity contribution is 7.91. The number of rotatable bonds is 5. The van der Waals surface area contributed by atoms with E-state index in [4.69, 9.17) is 5.26 Å². The molecule has 0 spiro atoms. The molecule has 1 aromatic heterocycles. The minimum Gasteiger partial charge on any atom is -0.290 e. The summed E-state index contributed by atoms with van der Waals surface area (Å²) >= 11 is 0. The van der Waals surface area contributed by atoms with Crippen molar-refractivity contribution in [2.24, 2.45) is 0 Å². The summed E-state index contributed by atoms with van der Waals surface area (Å²) in [6.07, 6.45) is 3.68. The number of imidazole rings is 1. The van der Waals surface area contributed by atoms with E-state index in [9.17, 15) is 8.42 Å². The Morgan fingerprint density at radius 2 is 2.10 bits per heavy atom. The lowest BCUT2D eigenvalue weighted by molar-refractivity contribution is 0.582. The van der Waals surface area contributed by atoms with Crippen molar-refractivity contribution in [3.05, 3.63) is 41.7 Å². The number of aryl methyl sites for hydroxylation is 1. The SMILES string of the molecule is Cc1cccc(-n2ccnc2S(=O)(=O)CCCC#N)c1C. The van der Waals surface area contributed by atoms with Crippen molar-refractivity contribution in [3.8, 4) is 11.8 Å². The fourth-order valence-corrected chi connectivity index (χ4v) is 3.52. The molecule has 0 aliphatic heterocycles. The van der Waals surface area contributed by atoms with E-state index in [-0.39, 0.29) is 17.3 Å². The zero-order chi connectivity index (χ0) is 15.5. The Morgan fingerprint density at radius 3 is 2.81 bits per heavy atom. The lowest BCUT2D eigenvalue weighted by atomic mass is 10.1. The first-order chi connectivity index (χ1) is 9.97. The van der Waals surface area contributed by atoms with Crippen LogP contribution in [0.25, 0.3) is 5.69 Å². The molecule has 0 bridgehead atoms. The number of nitrogens with zero attached hydrogens (tertiary/aromatic N) is 3. The van der Waals surface area contributed by atoms with Crippen LogP contribution in [0.2, 0.25) is 0 Å². The lowest BCUT2D eigenvalue weighted by Gasteiger charge is -2.12. The van der Waals surface area contributed by atoms with Gasteiger partial charge in [0.25, 0.3) is 0 Å². The van der Waals surface area contributed by atoms with Gasteiger partial charge in [-0.25, -0.2) is 13.4 Å². The van der Waals surface area contributed by atoms with E-state index in [1.54, 1.807) is 10.8 Å². The molecule has 2 rings (SSSR count). The van der Waals surface area contributed by atoms with Gasteiger partial charge < -0.3 is 0 Å². The molecule has 0 amide bonds. The summed E-state index contributed by atoms with van der Waals surface area (Å²) in [5, 5.41) is 8.56. The average molecular weight is 303 g/mol. The van der Waals surface area contributed by atoms with Crippen LogP contribution in [-0.4, -0.2) is 23.7 Å². The quantitative estimate of drug-likeness (QED) is 0.795. The van der Waals surface area contributed by atoms with E-state index in [0.717, 1.165) is 16.8 Å². The smallest absolute Gasteiger partial charge is 0.232 e. The first-order valence-electron chi connectivity index (χ1n) is 6.67. The van der Waals surface area contributed by atoms with Gasteiger partial charge in [-0.3, -0.25) is 4.57 Å². The molecule has 0 atom stereocenters. The highest BCUT2D eigenvalue weighted by Crippen LogP contribution is 2.21. The maximum Gasteiger partial charge on any atom is 0.232 e. The third-order valence-corrected chi connectivity index (χ3v) is 5.11. The molecule has 1 heterocycles. The largest absolute Gasteiger partial charge is 0.290 e. The molecule has 6 heteroatoms. The summed E-state index contributed by atoms with van der Waals surface area (Å²) in [7, 11) is -3.50. The van der Waals surface area contributed by atoms with Crippen molar-refractivity contribution >= 4 is 9.84 Å². The number of hydrogen-bond acceptors (Lipinski definition) is 4. The summed E-state index contributed by atoms with van der Waals surface area (Å²) in [5.41, 5.74) is 2.92. The zero-order valence-corrected chi connectivity index (χ0v) is 12.9. The van der Waals surface area contributed by atoms with Gasteiger partial charge in [-0.05, 0) is 37.5 Å². The second-order valence-electron chi connectivity index (χ2n) is 4.88. The van der Waals surface area contributed by atoms with Crippen LogP contribution in [0.1, 0.15) is 24.0 Å². The standard InChI is InChI=1S/C15H17N3O2S/c1-12-6-5-7-14(13(12)2)18-10-9-17-15(18)21(19,20)11-4-3-8-16/h5-7,9-10H,3-4,11H2,1-2H3. The summed E-state index contributed by atoms with van der Waals surface area (Å²) in [5.74, 6) is -0.0670. The van der Waals surface area contributed by atoms with Crippen LogP contribution in [0.3, 0.4) is 0 Å². The van der Waals surface area contributed by atoms with Crippen LogP contribution in [0.15, 0.2) is 35.7 Å². The average Bonchev–Trinajstić information content (AvgIpc) is 2.92. The molecular formula is C15H17N3O2S. The van der Waals surface area contributed by atoms with Crippen LogP contribution in [0.4, 0.5) is 0 Å². The molecule has 0 N–H and O–H groups in total. The highest BCUT2D eigenvalue weighted by Gasteiger charge is 2.21. The Labute approximate surface area is 124 Å². The Morgan fingerprint density at radius 1 is 1.33 bits per heavy atom. The Balaban J connectivity index is 2.44. The minimum atomic E-state index is -3.50. The molecular weight excluding hydrogens is 286 g/mol. The van der Waals surface area contributed by atoms with Crippen molar-refractivity contribution in [1.82, 2.24) is 9.55 Å². The van der Waals surface area contributed by atoms with Crippen LogP contribution in [0, 0.1) is 25.2 Å². The summed E-state index contributed by atoms with van der Waals surface area (Å²) in [4.78, 5) is 4.01. The van der Waals surface area contributed by atoms with Gasteiger partial charge in [-0.2, -0.15) is 5.26 Å². The van der Waals surface area contributed by atoms with E-state index in [1.165, 1.54) is 6.20 Å². The van der Waals surface area contributed by atoms with Crippen LogP contribution < -0.4 is 0 Å². The van der Waals surface area contributed by atoms with Crippen molar-refractivity contribution in [2.75, 3.05) is 5.75 Å². The van der Waals surface area contributed by atoms with Crippen LogP contribution >= 0.6 is 0 Å². The highest BCUT2D eigenvalue weighted by atomic mass is 32.2. The molecule has 1 aromatic carbocycles. The first-order valence-corrected chi connectivity index (χ1v) is 8.32. The maximum atomic E-state index is 12.4. The third kappa shape index (κ3) is 3.14. The number of benzene rings is 1. The fourth-order valence-electron chi connectivity index (χ4n) is 2.13. The molecule has 21 heavy (non-hydrogen) atoms. The molecule has 5 nitrogen and oxygen atoms in total. The van der Waals surface area contributed by atoms with Crippen molar-refractivity contribution in [2.45, 2.75) is 31.8 Å². The minimum absolute atomic E-state index is 0.0362. The molecule has 0 saturated heterocycles. The van der Waals surface area contributed by atoms with Crippen molar-refractivity contribution in [3.63, 3.8) is 0 Å². The van der Waals surface area contributed by atoms with E-state index in [0.29, 0.717) is 6.42 Å². The van der Waals surface area contributed by atoms with Gasteiger partial charge in [0.05, 0.1) is 17.5 Å². The van der Waals surface area contributed by atoms with E-state index >= 15 is 0 Å². The van der Waals surface area contributed by atoms with Crippen molar-refractivity contribution < 1.29 is 8.42 Å². The molecule has 0 fully saturated rings. The molecule has 2 aromatic rings. The number of nitriles is 1. The second kappa shape index (κ2) is 6.10. The number of aromatic nitrogens is 2. The Kier molecular flexibility index (Phi) is 4.43. The molecule has 0 saturated carbocycles. The molecule has 0 aliphatic rings. The predicted octanol–water partition coefficient (Wildman–Crippen LogP) is 2.57. The number of sulfone groups is 1. The first kappa shape index (κ1) is 15.3. The number of hydrogen-bond donors (Lipinski definition) is 0. The van der Waals surface area contributed by atoms with E-state index in [2.05, 4.69) is 4.98 Å². The predicted molar refractivity (Wildman–Crippen MR) is 79.9 cm³/mol. The van der Waals surface area contributed by atoms with Crippen LogP contribution in [0.5, 0.6) is 0 Å². The van der Waals surface area contributed by atoms with Gasteiger partial charge in [-0.15, -0.1) is 0 Å². The summed E-state index contributed by atoms with van der Waals surface area (Å²) in [6.45, 7) is 3.94. The normalized spacial score (nSPS) is 11.3. The fraction of sp³-hybridized carbons (Fsp3) is 0.333. The van der Waals surface area contributed by atoms with Gasteiger partial charge in [0, 0.05) is 18.8 Å². The number of unbranched alkanes of at least 4 members (excludes halogenated alkanes) is 1. The molecule has 0 unspecified atom stereocenters. The molecule has 0 aliphatic carbocycles. The van der Waals surface area contributed by atoms with E-state index < -0.39 is 9.84 Å². The van der Waals surface area contributed by atoms with Crippen molar-refractivity contribution in [1.29, 1.82) is 5.26 Å². The lowest BCUT2D eigenvalue weighted by Crippen LogP contribution is -2.14. The second-order valence-corrected chi connectivity index (χ2v) is 6.88. The van der Waals surface area contributed by atoms with Gasteiger partial charge in [0.1, 0.15) is 0 Å². The van der Waals surface area contributed by atoms with Gasteiger partial charge in [-0.1, -0.05) is 12.1 Å². The van der Waals surface area contributed by atoms with Gasteiger partial charge >= 0.3 is 0 Å². The Bertz CT molecular complexity index is 785. The van der Waals surface area contributed by atoms with Gasteiger partial charge in [0.2, 0.25) is 15.0 Å². The van der Waals surface area contributed by atoms with Crippen LogP contribution in [-0.2, 0) is 9.84 Å². The summed E-state index contributed by atoms with van der Waals surface area (Å²) < 4.78 is 26.3. The molecule has 0 radical (unpaired) electrons. The summed E-state index contributed by atoms with van der Waals surface area (Å²) in [6, 6.07) is 7.71. The molecule has 110 valence electrons. The van der Waals surface area contributed by atoms with Gasteiger partial charge in [0.15, 0.2) is 0 Å². The maximum absolute atomic E-state index is 12.4. The Hall–Kier alpha value is -2.13.